The molecule has 8 heteroatoms. The predicted molar refractivity (Wildman–Crippen MR) is 70.1 cm³/mol. The molecule has 1 aromatic heterocycles. The van der Waals surface area contributed by atoms with Crippen molar-refractivity contribution in [3.05, 3.63) is 47.0 Å². The summed E-state index contributed by atoms with van der Waals surface area (Å²) in [6.45, 7) is 0. The number of nitrogens with zero attached hydrogens (tertiary/aromatic N) is 2. The van der Waals surface area contributed by atoms with Crippen molar-refractivity contribution in [2.75, 3.05) is 5.32 Å². The molecule has 1 aromatic carbocycles. The fourth-order valence-electron chi connectivity index (χ4n) is 1.39. The molecule has 0 unspecified atom stereocenters. The number of phenolic OH excluding ortho intramolecular Hbond substituents is 1. The minimum absolute atomic E-state index is 0.0103. The van der Waals surface area contributed by atoms with Crippen molar-refractivity contribution in [3.8, 4) is 5.75 Å². The van der Waals surface area contributed by atoms with Gasteiger partial charge in [-0.2, -0.15) is 0 Å². The summed E-state index contributed by atoms with van der Waals surface area (Å²) in [6.07, 6.45) is 2.39. The van der Waals surface area contributed by atoms with Gasteiger partial charge in [0.15, 0.2) is 0 Å². The normalized spacial score (nSPS) is 10.1. The van der Waals surface area contributed by atoms with Crippen molar-refractivity contribution < 1.29 is 19.8 Å². The number of hydrogen-bond donors (Lipinski definition) is 3. The van der Waals surface area contributed by atoms with Crippen molar-refractivity contribution >= 4 is 29.2 Å². The van der Waals surface area contributed by atoms with Crippen LogP contribution in [0.4, 0.5) is 5.69 Å². The lowest BCUT2D eigenvalue weighted by Crippen LogP contribution is -2.14. The van der Waals surface area contributed by atoms with Crippen LogP contribution in [0.5, 0.6) is 5.75 Å². The van der Waals surface area contributed by atoms with Crippen molar-refractivity contribution in [1.29, 1.82) is 0 Å². The predicted octanol–water partition coefficient (Wildman–Crippen LogP) is 1.79. The monoisotopic (exact) mass is 293 g/mol. The Kier molecular flexibility index (Phi) is 3.81. The lowest BCUT2D eigenvalue weighted by molar-refractivity contribution is 0.0696. The van der Waals surface area contributed by atoms with Crippen LogP contribution in [0.3, 0.4) is 0 Å². The van der Waals surface area contributed by atoms with Crippen LogP contribution in [0.15, 0.2) is 30.6 Å². The highest BCUT2D eigenvalue weighted by molar-refractivity contribution is 6.29. The third kappa shape index (κ3) is 3.01. The first-order valence-electron chi connectivity index (χ1n) is 5.32. The molecule has 2 rings (SSSR count). The molecule has 0 spiro atoms. The highest BCUT2D eigenvalue weighted by Crippen LogP contribution is 2.24. The zero-order valence-corrected chi connectivity index (χ0v) is 10.6. The summed E-state index contributed by atoms with van der Waals surface area (Å²) < 4.78 is 0. The van der Waals surface area contributed by atoms with Crippen LogP contribution in [0.1, 0.15) is 20.8 Å². The van der Waals surface area contributed by atoms with Gasteiger partial charge in [0.1, 0.15) is 16.6 Å². The number of nitrogens with one attached hydrogen (secondary N) is 1. The van der Waals surface area contributed by atoms with Crippen LogP contribution in [-0.4, -0.2) is 32.1 Å². The van der Waals surface area contributed by atoms with E-state index in [2.05, 4.69) is 15.3 Å². The number of carboxylic acid groups (broad SMARTS) is 1. The number of hydrogen-bond acceptors (Lipinski definition) is 5. The summed E-state index contributed by atoms with van der Waals surface area (Å²) in [7, 11) is 0. The third-order valence-corrected chi connectivity index (χ3v) is 2.54. The SMILES string of the molecule is O=C(O)c1ccc(NC(=O)c2cnc(Cl)cn2)c(O)c1. The molecule has 0 aliphatic carbocycles. The van der Waals surface area contributed by atoms with Crippen LogP contribution >= 0.6 is 11.6 Å². The zero-order chi connectivity index (χ0) is 14.7. The second-order valence-electron chi connectivity index (χ2n) is 3.72. The Bertz CT molecular complexity index is 673. The maximum Gasteiger partial charge on any atom is 0.335 e. The molecule has 0 radical (unpaired) electrons. The molecule has 0 saturated carbocycles. The molecule has 0 atom stereocenters. The molecule has 3 N–H and O–H groups in total. The molecule has 0 bridgehead atoms. The van der Waals surface area contributed by atoms with Gasteiger partial charge in [-0.3, -0.25) is 4.79 Å². The lowest BCUT2D eigenvalue weighted by Gasteiger charge is -2.07. The summed E-state index contributed by atoms with van der Waals surface area (Å²) in [4.78, 5) is 30.0. The third-order valence-electron chi connectivity index (χ3n) is 2.35. The van der Waals surface area contributed by atoms with E-state index in [9.17, 15) is 14.7 Å². The molecule has 0 aliphatic rings. The van der Waals surface area contributed by atoms with E-state index in [1.165, 1.54) is 24.5 Å². The molecule has 1 amide bonds. The number of anilines is 1. The van der Waals surface area contributed by atoms with E-state index < -0.39 is 11.9 Å². The average Bonchev–Trinajstić information content (AvgIpc) is 2.41. The number of phenols is 1. The van der Waals surface area contributed by atoms with E-state index in [4.69, 9.17) is 16.7 Å². The number of halogens is 1. The Hall–Kier alpha value is -2.67. The zero-order valence-electron chi connectivity index (χ0n) is 9.87. The van der Waals surface area contributed by atoms with Gasteiger partial charge >= 0.3 is 5.97 Å². The number of benzene rings is 1. The molecule has 0 saturated heterocycles. The van der Waals surface area contributed by atoms with Gasteiger partial charge in [0.2, 0.25) is 0 Å². The molecule has 2 aromatic rings. The summed E-state index contributed by atoms with van der Waals surface area (Å²) >= 11 is 5.55. The molecule has 7 nitrogen and oxygen atoms in total. The highest BCUT2D eigenvalue weighted by Gasteiger charge is 2.12. The van der Waals surface area contributed by atoms with E-state index in [1.54, 1.807) is 0 Å². The number of carbonyl (C=O) groups is 2. The van der Waals surface area contributed by atoms with Gasteiger partial charge in [-0.05, 0) is 18.2 Å². The topological polar surface area (TPSA) is 112 Å². The molecule has 0 fully saturated rings. The van der Waals surface area contributed by atoms with Crippen molar-refractivity contribution in [2.24, 2.45) is 0 Å². The Balaban J connectivity index is 2.19. The number of aromatic hydroxyl groups is 1. The van der Waals surface area contributed by atoms with Crippen molar-refractivity contribution in [1.82, 2.24) is 9.97 Å². The standard InChI is InChI=1S/C12H8ClN3O4/c13-10-5-14-8(4-15-10)11(18)16-7-2-1-6(12(19)20)3-9(7)17/h1-5,17H,(H,16,18)(H,19,20). The maximum atomic E-state index is 11.8. The highest BCUT2D eigenvalue weighted by atomic mass is 35.5. The minimum Gasteiger partial charge on any atom is -0.506 e. The number of rotatable bonds is 3. The van der Waals surface area contributed by atoms with Gasteiger partial charge < -0.3 is 15.5 Å². The number of aromatic nitrogens is 2. The van der Waals surface area contributed by atoms with Crippen LogP contribution in [0.2, 0.25) is 5.15 Å². The maximum absolute atomic E-state index is 11.8. The van der Waals surface area contributed by atoms with Gasteiger partial charge in [0.25, 0.3) is 5.91 Å². The van der Waals surface area contributed by atoms with E-state index in [0.29, 0.717) is 0 Å². The Morgan fingerprint density at radius 3 is 2.50 bits per heavy atom. The molecular weight excluding hydrogens is 286 g/mol. The van der Waals surface area contributed by atoms with E-state index in [-0.39, 0.29) is 27.8 Å². The number of aromatic carboxylic acids is 1. The van der Waals surface area contributed by atoms with Crippen LogP contribution < -0.4 is 5.32 Å². The first kappa shape index (κ1) is 13.8. The van der Waals surface area contributed by atoms with Crippen LogP contribution in [0, 0.1) is 0 Å². The Labute approximate surface area is 117 Å². The van der Waals surface area contributed by atoms with Crippen molar-refractivity contribution in [3.63, 3.8) is 0 Å². The summed E-state index contributed by atoms with van der Waals surface area (Å²) in [5.74, 6) is -2.14. The molecular formula is C12H8ClN3O4. The number of carbonyl (C=O) groups excluding carboxylic acids is 1. The molecule has 20 heavy (non-hydrogen) atoms. The van der Waals surface area contributed by atoms with E-state index in [1.807, 2.05) is 0 Å². The van der Waals surface area contributed by atoms with Crippen LogP contribution in [0.25, 0.3) is 0 Å². The summed E-state index contributed by atoms with van der Waals surface area (Å²) in [5, 5.41) is 20.9. The van der Waals surface area contributed by atoms with Gasteiger partial charge in [-0.25, -0.2) is 14.8 Å². The Morgan fingerprint density at radius 2 is 1.95 bits per heavy atom. The van der Waals surface area contributed by atoms with E-state index in [0.717, 1.165) is 6.07 Å². The summed E-state index contributed by atoms with van der Waals surface area (Å²) in [5.41, 5.74) is -0.0142. The van der Waals surface area contributed by atoms with Gasteiger partial charge in [0.05, 0.1) is 23.6 Å². The quantitative estimate of drug-likeness (QED) is 0.744. The second kappa shape index (κ2) is 5.54. The smallest absolute Gasteiger partial charge is 0.335 e. The van der Waals surface area contributed by atoms with Gasteiger partial charge in [-0.1, -0.05) is 11.6 Å². The van der Waals surface area contributed by atoms with Crippen molar-refractivity contribution in [2.45, 2.75) is 0 Å². The fourth-order valence-corrected chi connectivity index (χ4v) is 1.48. The molecule has 102 valence electrons. The first-order chi connectivity index (χ1) is 9.47. The number of carboxylic acids is 1. The summed E-state index contributed by atoms with van der Waals surface area (Å²) in [6, 6.07) is 3.57. The van der Waals surface area contributed by atoms with Gasteiger partial charge in [-0.15, -0.1) is 0 Å². The second-order valence-corrected chi connectivity index (χ2v) is 4.10. The Morgan fingerprint density at radius 1 is 1.20 bits per heavy atom. The minimum atomic E-state index is -1.18. The van der Waals surface area contributed by atoms with Gasteiger partial charge in [0, 0.05) is 0 Å². The fraction of sp³-hybridized carbons (Fsp3) is 0. The first-order valence-corrected chi connectivity index (χ1v) is 5.70. The average molecular weight is 294 g/mol. The lowest BCUT2D eigenvalue weighted by atomic mass is 10.2. The van der Waals surface area contributed by atoms with Crippen LogP contribution in [-0.2, 0) is 0 Å². The largest absolute Gasteiger partial charge is 0.506 e. The molecule has 0 aliphatic heterocycles. The number of amides is 1. The van der Waals surface area contributed by atoms with E-state index >= 15 is 0 Å². The molecule has 1 heterocycles.